The third-order valence-corrected chi connectivity index (χ3v) is 9.06. The van der Waals surface area contributed by atoms with Crippen LogP contribution in [0, 0.1) is 17.5 Å². The highest BCUT2D eigenvalue weighted by Gasteiger charge is 2.55. The Hall–Kier alpha value is -3.74. The number of carbonyl (C=O) groups excluding carboxylic acids is 4. The van der Waals surface area contributed by atoms with Gasteiger partial charge in [-0.1, -0.05) is 5.21 Å². The van der Waals surface area contributed by atoms with Crippen molar-refractivity contribution in [3.63, 3.8) is 0 Å². The highest BCUT2D eigenvalue weighted by atomic mass is 32.2. The molecule has 1 N–H and O–H groups in total. The van der Waals surface area contributed by atoms with Crippen LogP contribution < -0.4 is 0 Å². The predicted octanol–water partition coefficient (Wildman–Crippen LogP) is 3.04. The molecule has 0 amide bonds. The topological polar surface area (TPSA) is 175 Å². The van der Waals surface area contributed by atoms with E-state index in [0.29, 0.717) is 12.1 Å². The number of ether oxygens (including phenoxy) is 6. The van der Waals surface area contributed by atoms with E-state index in [1.807, 2.05) is 0 Å². The summed E-state index contributed by atoms with van der Waals surface area (Å²) in [5.74, 6) is -7.81. The Morgan fingerprint density at radius 2 is 1.61 bits per heavy atom. The average Bonchev–Trinajstić information content (AvgIpc) is 3.47. The van der Waals surface area contributed by atoms with Gasteiger partial charge >= 0.3 is 23.9 Å². The number of esters is 4. The standard InChI is InChI=1S/C31H38F3N3O11S/c1-15(38)44-14-22-25(45-16(2)39)24(37-13-21(35-36-37)18-11-19(32)23(34)20(33)12-18)26(46-17(3)40)29(47-22)49-27(28(41)48-30(4,5)6)31(42)7-9-43-10-8-31/h11-13,22,24-27,29,42H,7-10,14H2,1-6H3/t22-,24+,25+,26-,27?,29+/m1/s1. The zero-order valence-corrected chi connectivity index (χ0v) is 28.5. The third-order valence-electron chi connectivity index (χ3n) is 7.50. The highest BCUT2D eigenvalue weighted by molar-refractivity contribution is 8.01. The van der Waals surface area contributed by atoms with Crippen molar-refractivity contribution in [2.45, 2.75) is 101 Å². The Morgan fingerprint density at radius 1 is 1.02 bits per heavy atom. The summed E-state index contributed by atoms with van der Waals surface area (Å²) in [7, 11) is 0. The molecule has 0 aliphatic carbocycles. The molecule has 2 aliphatic heterocycles. The van der Waals surface area contributed by atoms with E-state index < -0.39 is 94.2 Å². The number of carbonyl (C=O) groups is 4. The largest absolute Gasteiger partial charge is 0.463 e. The second kappa shape index (κ2) is 15.4. The molecule has 2 aliphatic rings. The van der Waals surface area contributed by atoms with Crippen LogP contribution >= 0.6 is 11.8 Å². The van der Waals surface area contributed by atoms with Crippen molar-refractivity contribution >= 4 is 35.6 Å². The molecule has 2 saturated heterocycles. The summed E-state index contributed by atoms with van der Waals surface area (Å²) in [4.78, 5) is 50.5. The van der Waals surface area contributed by atoms with Crippen molar-refractivity contribution in [3.05, 3.63) is 35.8 Å². The Labute approximate surface area is 283 Å². The molecule has 270 valence electrons. The summed E-state index contributed by atoms with van der Waals surface area (Å²) < 4.78 is 76.9. The number of hydrogen-bond donors (Lipinski definition) is 1. The number of halogens is 3. The number of aliphatic hydroxyl groups is 1. The maximum Gasteiger partial charge on any atom is 0.322 e. The zero-order valence-electron chi connectivity index (χ0n) is 27.6. The van der Waals surface area contributed by atoms with Crippen LogP contribution in [0.25, 0.3) is 11.3 Å². The van der Waals surface area contributed by atoms with Gasteiger partial charge in [0.1, 0.15) is 40.7 Å². The van der Waals surface area contributed by atoms with Crippen molar-refractivity contribution in [2.24, 2.45) is 0 Å². The first-order chi connectivity index (χ1) is 22.9. The van der Waals surface area contributed by atoms with Gasteiger partial charge in [-0.25, -0.2) is 17.9 Å². The molecule has 1 unspecified atom stereocenters. The molecule has 0 saturated carbocycles. The second-order valence-electron chi connectivity index (χ2n) is 12.6. The van der Waals surface area contributed by atoms with E-state index >= 15 is 0 Å². The van der Waals surface area contributed by atoms with Crippen LogP contribution in [0.4, 0.5) is 13.2 Å². The van der Waals surface area contributed by atoms with Gasteiger partial charge in [-0.05, 0) is 32.9 Å². The lowest BCUT2D eigenvalue weighted by Gasteiger charge is -2.46. The van der Waals surface area contributed by atoms with E-state index in [4.69, 9.17) is 28.4 Å². The molecule has 49 heavy (non-hydrogen) atoms. The normalized spacial score (nSPS) is 24.4. The van der Waals surface area contributed by atoms with Crippen molar-refractivity contribution in [1.82, 2.24) is 15.0 Å². The minimum atomic E-state index is -1.69. The van der Waals surface area contributed by atoms with Gasteiger partial charge in [0.2, 0.25) is 0 Å². The molecule has 0 bridgehead atoms. The van der Waals surface area contributed by atoms with Crippen LogP contribution in [0.15, 0.2) is 18.3 Å². The van der Waals surface area contributed by atoms with Crippen LogP contribution in [0.1, 0.15) is 60.4 Å². The van der Waals surface area contributed by atoms with Crippen LogP contribution in [-0.2, 0) is 47.6 Å². The lowest BCUT2D eigenvalue weighted by atomic mass is 9.90. The molecular formula is C31H38F3N3O11S. The Kier molecular flexibility index (Phi) is 12.0. The molecular weight excluding hydrogens is 679 g/mol. The molecule has 1 aromatic carbocycles. The van der Waals surface area contributed by atoms with Crippen molar-refractivity contribution < 1.29 is 65.9 Å². The van der Waals surface area contributed by atoms with E-state index in [1.165, 1.54) is 6.20 Å². The van der Waals surface area contributed by atoms with E-state index in [-0.39, 0.29) is 37.3 Å². The molecule has 3 heterocycles. The molecule has 4 rings (SSSR count). The van der Waals surface area contributed by atoms with Gasteiger partial charge in [0.15, 0.2) is 29.7 Å². The van der Waals surface area contributed by atoms with Crippen LogP contribution in [0.5, 0.6) is 0 Å². The summed E-state index contributed by atoms with van der Waals surface area (Å²) in [5, 5.41) is 18.4. The van der Waals surface area contributed by atoms with E-state index in [2.05, 4.69) is 10.3 Å². The molecule has 1 aromatic heterocycles. The number of benzene rings is 1. The first-order valence-corrected chi connectivity index (χ1v) is 16.2. The van der Waals surface area contributed by atoms with Gasteiger partial charge in [0, 0.05) is 52.4 Å². The Balaban J connectivity index is 1.85. The first-order valence-electron chi connectivity index (χ1n) is 15.3. The lowest BCUT2D eigenvalue weighted by Crippen LogP contribution is -2.59. The fourth-order valence-corrected chi connectivity index (χ4v) is 6.92. The smallest absolute Gasteiger partial charge is 0.322 e. The van der Waals surface area contributed by atoms with Crippen LogP contribution in [-0.4, -0.2) is 104 Å². The summed E-state index contributed by atoms with van der Waals surface area (Å²) in [5.41, 5.74) is -4.32. The van der Waals surface area contributed by atoms with Crippen molar-refractivity contribution in [2.75, 3.05) is 19.8 Å². The van der Waals surface area contributed by atoms with Crippen molar-refractivity contribution in [1.29, 1.82) is 0 Å². The van der Waals surface area contributed by atoms with Crippen molar-refractivity contribution in [3.8, 4) is 11.3 Å². The van der Waals surface area contributed by atoms with Gasteiger partial charge in [-0.15, -0.1) is 16.9 Å². The molecule has 0 spiro atoms. The minimum Gasteiger partial charge on any atom is -0.463 e. The third kappa shape index (κ3) is 9.49. The van der Waals surface area contributed by atoms with E-state index in [9.17, 15) is 37.5 Å². The maximum atomic E-state index is 14.1. The monoisotopic (exact) mass is 717 g/mol. The lowest BCUT2D eigenvalue weighted by molar-refractivity contribution is -0.212. The molecule has 2 aromatic rings. The maximum absolute atomic E-state index is 14.1. The molecule has 18 heteroatoms. The fraction of sp³-hybridized carbons (Fsp3) is 0.613. The first kappa shape index (κ1) is 38.1. The highest BCUT2D eigenvalue weighted by Crippen LogP contribution is 2.44. The number of hydrogen-bond acceptors (Lipinski definition) is 14. The van der Waals surface area contributed by atoms with Gasteiger partial charge in [0.25, 0.3) is 0 Å². The van der Waals surface area contributed by atoms with E-state index in [1.54, 1.807) is 20.8 Å². The van der Waals surface area contributed by atoms with Gasteiger partial charge in [-0.2, -0.15) is 0 Å². The zero-order chi connectivity index (χ0) is 36.3. The number of thioether (sulfide) groups is 1. The summed E-state index contributed by atoms with van der Waals surface area (Å²) in [6, 6.07) is 0.0672. The minimum absolute atomic E-state index is 0.0441. The Bertz CT molecular complexity index is 1520. The fourth-order valence-electron chi connectivity index (χ4n) is 5.43. The summed E-state index contributed by atoms with van der Waals surface area (Å²) in [6.45, 7) is 8.05. The second-order valence-corrected chi connectivity index (χ2v) is 13.8. The molecule has 14 nitrogen and oxygen atoms in total. The molecule has 6 atom stereocenters. The van der Waals surface area contributed by atoms with Gasteiger partial charge < -0.3 is 33.5 Å². The van der Waals surface area contributed by atoms with Crippen LogP contribution in [0.2, 0.25) is 0 Å². The average molecular weight is 718 g/mol. The number of rotatable bonds is 10. The summed E-state index contributed by atoms with van der Waals surface area (Å²) >= 11 is 0.773. The van der Waals surface area contributed by atoms with Gasteiger partial charge in [-0.3, -0.25) is 19.2 Å². The molecule has 2 fully saturated rings. The van der Waals surface area contributed by atoms with E-state index in [0.717, 1.165) is 37.2 Å². The SMILES string of the molecule is CC(=O)OC[C@H]1O[C@@H](SC(C(=O)OC(C)(C)C)C2(O)CCOCC2)[C@H](OC(C)=O)[C@@H](n2cc(-c3cc(F)c(F)c(F)c3)nn2)[C@H]1OC(C)=O. The molecule has 0 radical (unpaired) electrons. The summed E-state index contributed by atoms with van der Waals surface area (Å²) in [6.07, 6.45) is -2.85. The predicted molar refractivity (Wildman–Crippen MR) is 163 cm³/mol. The number of aromatic nitrogens is 3. The number of nitrogens with zero attached hydrogens (tertiary/aromatic N) is 3. The van der Waals surface area contributed by atoms with Crippen LogP contribution in [0.3, 0.4) is 0 Å². The quantitative estimate of drug-likeness (QED) is 0.216. The Morgan fingerprint density at radius 3 is 2.16 bits per heavy atom. The van der Waals surface area contributed by atoms with Gasteiger partial charge in [0.05, 0.1) is 11.8 Å².